The highest BCUT2D eigenvalue weighted by Gasteiger charge is 2.12. The van der Waals surface area contributed by atoms with Crippen LogP contribution in [0.4, 0.5) is 0 Å². The molecule has 134 valence electrons. The fourth-order valence-electron chi connectivity index (χ4n) is 3.12. The number of nitrogens with zero attached hydrogens (tertiary/aromatic N) is 2. The summed E-state index contributed by atoms with van der Waals surface area (Å²) in [7, 11) is 0. The molecule has 3 N–H and O–H groups in total. The van der Waals surface area contributed by atoms with Crippen LogP contribution in [0.15, 0.2) is 41.0 Å². The molecule has 3 aromatic rings. The van der Waals surface area contributed by atoms with Gasteiger partial charge >= 0.3 is 0 Å². The van der Waals surface area contributed by atoms with E-state index in [-0.39, 0.29) is 5.91 Å². The zero-order valence-corrected chi connectivity index (χ0v) is 14.4. The molecule has 0 atom stereocenters. The molecule has 0 fully saturated rings. The van der Waals surface area contributed by atoms with Crippen LogP contribution in [-0.4, -0.2) is 34.2 Å². The second-order valence-corrected chi connectivity index (χ2v) is 6.35. The molecule has 0 aliphatic carbocycles. The van der Waals surface area contributed by atoms with E-state index in [1.807, 2.05) is 18.2 Å². The van der Waals surface area contributed by atoms with E-state index in [0.717, 1.165) is 25.9 Å². The number of rotatable bonds is 5. The van der Waals surface area contributed by atoms with Crippen molar-refractivity contribution in [3.63, 3.8) is 0 Å². The average Bonchev–Trinajstić information content (AvgIpc) is 3.29. The molecule has 2 aromatic heterocycles. The van der Waals surface area contributed by atoms with Crippen molar-refractivity contribution in [2.75, 3.05) is 13.1 Å². The molecule has 1 aliphatic heterocycles. The van der Waals surface area contributed by atoms with Gasteiger partial charge in [0, 0.05) is 25.1 Å². The van der Waals surface area contributed by atoms with Gasteiger partial charge in [0.2, 0.25) is 5.82 Å². The molecule has 1 aromatic carbocycles. The van der Waals surface area contributed by atoms with E-state index >= 15 is 0 Å². The molecule has 7 heteroatoms. The van der Waals surface area contributed by atoms with E-state index in [9.17, 15) is 4.79 Å². The van der Waals surface area contributed by atoms with E-state index < -0.39 is 0 Å². The third kappa shape index (κ3) is 3.67. The number of nitrogens with one attached hydrogen (secondary N) is 3. The monoisotopic (exact) mass is 351 g/mol. The summed E-state index contributed by atoms with van der Waals surface area (Å²) in [5, 5.41) is 13.3. The number of aryl methyl sites for hydroxylation is 1. The van der Waals surface area contributed by atoms with Gasteiger partial charge < -0.3 is 15.1 Å². The number of aromatic nitrogens is 3. The van der Waals surface area contributed by atoms with Crippen LogP contribution in [0.1, 0.15) is 33.7 Å². The van der Waals surface area contributed by atoms with Crippen LogP contribution in [0, 0.1) is 0 Å². The van der Waals surface area contributed by atoms with Crippen LogP contribution in [0.25, 0.3) is 11.6 Å². The second kappa shape index (κ2) is 7.53. The fraction of sp³-hybridized carbons (Fsp3) is 0.316. The molecule has 4 rings (SSSR count). The molecule has 0 unspecified atom stereocenters. The largest absolute Gasteiger partial charge is 0.461 e. The molecular weight excluding hydrogens is 330 g/mol. The van der Waals surface area contributed by atoms with Gasteiger partial charge in [0.1, 0.15) is 5.82 Å². The Morgan fingerprint density at radius 2 is 2.23 bits per heavy atom. The van der Waals surface area contributed by atoms with Crippen LogP contribution < -0.4 is 10.6 Å². The number of fused-ring (bicyclic) bond motifs is 1. The van der Waals surface area contributed by atoms with Crippen molar-refractivity contribution in [2.45, 2.75) is 25.8 Å². The zero-order valence-electron chi connectivity index (χ0n) is 14.4. The molecule has 0 radical (unpaired) electrons. The van der Waals surface area contributed by atoms with E-state index in [1.165, 1.54) is 11.1 Å². The van der Waals surface area contributed by atoms with Gasteiger partial charge in [-0.05, 0) is 54.8 Å². The number of carbonyl (C=O) groups excluding carboxylic acids is 1. The Bertz CT molecular complexity index is 885. The van der Waals surface area contributed by atoms with Gasteiger partial charge in [-0.3, -0.25) is 9.89 Å². The minimum absolute atomic E-state index is 0.0595. The summed E-state index contributed by atoms with van der Waals surface area (Å²) < 4.78 is 5.27. The minimum Gasteiger partial charge on any atom is -0.461 e. The van der Waals surface area contributed by atoms with Crippen LogP contribution in [-0.2, 0) is 19.4 Å². The Labute approximate surface area is 151 Å². The summed E-state index contributed by atoms with van der Waals surface area (Å²) in [6, 6.07) is 9.56. The number of amides is 1. The SMILES string of the molecule is O=C(NCCc1nc(-c2ccco2)n[nH]1)c1ccc2c(c1)CCCNC2. The van der Waals surface area contributed by atoms with Crippen molar-refractivity contribution in [1.82, 2.24) is 25.8 Å². The predicted octanol–water partition coefficient (Wildman–Crippen LogP) is 2.07. The molecule has 1 aliphatic rings. The lowest BCUT2D eigenvalue weighted by Crippen LogP contribution is -2.26. The van der Waals surface area contributed by atoms with E-state index in [2.05, 4.69) is 31.9 Å². The first-order valence-electron chi connectivity index (χ1n) is 8.85. The van der Waals surface area contributed by atoms with E-state index in [0.29, 0.717) is 35.9 Å². The third-order valence-electron chi connectivity index (χ3n) is 4.50. The van der Waals surface area contributed by atoms with E-state index in [1.54, 1.807) is 12.3 Å². The summed E-state index contributed by atoms with van der Waals surface area (Å²) in [5.74, 6) is 1.80. The van der Waals surface area contributed by atoms with Gasteiger partial charge in [0.05, 0.1) is 6.26 Å². The molecule has 1 amide bonds. The summed E-state index contributed by atoms with van der Waals surface area (Å²) in [6.07, 6.45) is 4.27. The summed E-state index contributed by atoms with van der Waals surface area (Å²) in [4.78, 5) is 16.8. The highest BCUT2D eigenvalue weighted by atomic mass is 16.3. The molecule has 0 bridgehead atoms. The van der Waals surface area contributed by atoms with Gasteiger partial charge in [-0.25, -0.2) is 4.98 Å². The Hall–Kier alpha value is -2.93. The molecule has 3 heterocycles. The van der Waals surface area contributed by atoms with Crippen molar-refractivity contribution >= 4 is 5.91 Å². The maximum Gasteiger partial charge on any atom is 0.251 e. The normalized spacial score (nSPS) is 13.8. The van der Waals surface area contributed by atoms with Crippen LogP contribution >= 0.6 is 0 Å². The van der Waals surface area contributed by atoms with Crippen molar-refractivity contribution in [2.24, 2.45) is 0 Å². The molecule has 0 saturated carbocycles. The minimum atomic E-state index is -0.0595. The number of hydrogen-bond donors (Lipinski definition) is 3. The summed E-state index contributed by atoms with van der Waals surface area (Å²) >= 11 is 0. The van der Waals surface area contributed by atoms with Gasteiger partial charge in [0.25, 0.3) is 5.91 Å². The maximum absolute atomic E-state index is 12.4. The number of hydrogen-bond acceptors (Lipinski definition) is 5. The Morgan fingerprint density at radius 1 is 1.27 bits per heavy atom. The Morgan fingerprint density at radius 3 is 3.12 bits per heavy atom. The first-order chi connectivity index (χ1) is 12.8. The maximum atomic E-state index is 12.4. The van der Waals surface area contributed by atoms with Crippen LogP contribution in [0.2, 0.25) is 0 Å². The summed E-state index contributed by atoms with van der Waals surface area (Å²) in [6.45, 7) is 2.39. The fourth-order valence-corrected chi connectivity index (χ4v) is 3.12. The lowest BCUT2D eigenvalue weighted by Gasteiger charge is -2.09. The highest BCUT2D eigenvalue weighted by Crippen LogP contribution is 2.17. The van der Waals surface area contributed by atoms with Crippen molar-refractivity contribution in [3.05, 3.63) is 59.1 Å². The van der Waals surface area contributed by atoms with Gasteiger partial charge in [-0.15, -0.1) is 0 Å². The first-order valence-corrected chi connectivity index (χ1v) is 8.85. The number of carbonyl (C=O) groups is 1. The smallest absolute Gasteiger partial charge is 0.251 e. The predicted molar refractivity (Wildman–Crippen MR) is 96.6 cm³/mol. The molecular formula is C19H21N5O2. The number of H-pyrrole nitrogens is 1. The van der Waals surface area contributed by atoms with Crippen LogP contribution in [0.3, 0.4) is 0 Å². The lowest BCUT2D eigenvalue weighted by molar-refractivity contribution is 0.0954. The standard InChI is InChI=1S/C19H21N5O2/c25-19(14-5-6-15-12-20-8-1-3-13(15)11-14)21-9-7-17-22-18(24-23-17)16-4-2-10-26-16/h2,4-6,10-11,20H,1,3,7-9,12H2,(H,21,25)(H,22,23,24). The van der Waals surface area contributed by atoms with Gasteiger partial charge in [-0.2, -0.15) is 5.10 Å². The Kier molecular flexibility index (Phi) is 4.79. The number of aromatic amines is 1. The number of furan rings is 1. The van der Waals surface area contributed by atoms with E-state index in [4.69, 9.17) is 4.42 Å². The first kappa shape index (κ1) is 16.5. The molecule has 26 heavy (non-hydrogen) atoms. The zero-order chi connectivity index (χ0) is 17.8. The number of benzene rings is 1. The van der Waals surface area contributed by atoms with Crippen molar-refractivity contribution in [3.8, 4) is 11.6 Å². The summed E-state index contributed by atoms with van der Waals surface area (Å²) in [5.41, 5.74) is 3.26. The topological polar surface area (TPSA) is 95.8 Å². The molecule has 0 saturated heterocycles. The Balaban J connectivity index is 1.33. The molecule has 7 nitrogen and oxygen atoms in total. The quantitative estimate of drug-likeness (QED) is 0.654. The lowest BCUT2D eigenvalue weighted by atomic mass is 10.0. The van der Waals surface area contributed by atoms with Crippen molar-refractivity contribution in [1.29, 1.82) is 0 Å². The average molecular weight is 351 g/mol. The van der Waals surface area contributed by atoms with Gasteiger partial charge in [0.15, 0.2) is 5.76 Å². The van der Waals surface area contributed by atoms with Crippen LogP contribution in [0.5, 0.6) is 0 Å². The van der Waals surface area contributed by atoms with Gasteiger partial charge in [-0.1, -0.05) is 6.07 Å². The van der Waals surface area contributed by atoms with Crippen molar-refractivity contribution < 1.29 is 9.21 Å². The highest BCUT2D eigenvalue weighted by molar-refractivity contribution is 5.94. The molecule has 0 spiro atoms. The third-order valence-corrected chi connectivity index (χ3v) is 4.50. The second-order valence-electron chi connectivity index (χ2n) is 6.35.